The molecule has 1 aliphatic carbocycles. The van der Waals surface area contributed by atoms with Crippen molar-refractivity contribution >= 4 is 12.1 Å². The van der Waals surface area contributed by atoms with E-state index in [0.717, 1.165) is 34.4 Å². The first-order chi connectivity index (χ1) is 17.9. The number of hydrogen-bond acceptors (Lipinski definition) is 4. The zero-order valence-electron chi connectivity index (χ0n) is 21.5. The first kappa shape index (κ1) is 27.2. The van der Waals surface area contributed by atoms with Crippen LogP contribution in [-0.2, 0) is 26.9 Å². The fourth-order valence-electron chi connectivity index (χ4n) is 4.62. The molecule has 0 heterocycles. The molecule has 0 aliphatic heterocycles. The number of carbonyl (C=O) groups excluding carboxylic acids is 2. The summed E-state index contributed by atoms with van der Waals surface area (Å²) in [4.78, 5) is 25.7. The number of halogens is 3. The highest BCUT2D eigenvalue weighted by atomic mass is 19.4. The third-order valence-electron chi connectivity index (χ3n) is 6.30. The van der Waals surface area contributed by atoms with Gasteiger partial charge in [-0.1, -0.05) is 66.7 Å². The maximum Gasteiger partial charge on any atom is 0.416 e. The number of ether oxygens (including phenoxy) is 2. The topological polar surface area (TPSA) is 64.6 Å². The van der Waals surface area contributed by atoms with Crippen molar-refractivity contribution in [2.75, 3.05) is 6.61 Å². The van der Waals surface area contributed by atoms with Gasteiger partial charge in [0.05, 0.1) is 5.56 Å². The maximum atomic E-state index is 13.1. The lowest BCUT2D eigenvalue weighted by molar-refractivity contribution is -0.157. The number of amides is 1. The third kappa shape index (κ3) is 6.54. The van der Waals surface area contributed by atoms with Crippen molar-refractivity contribution in [3.63, 3.8) is 0 Å². The van der Waals surface area contributed by atoms with Gasteiger partial charge in [0, 0.05) is 5.92 Å². The zero-order chi connectivity index (χ0) is 27.5. The van der Waals surface area contributed by atoms with E-state index in [1.165, 1.54) is 6.07 Å². The molecule has 3 aromatic carbocycles. The summed E-state index contributed by atoms with van der Waals surface area (Å²) in [5, 5.41) is 2.57. The normalized spacial score (nSPS) is 13.8. The van der Waals surface area contributed by atoms with Crippen LogP contribution >= 0.6 is 0 Å². The standard InChI is InChI=1S/C30H30F3NO4/c1-29(2,3)38-27(35)26(16-15-19-9-8-10-20(17-19)30(31,32)33)34-28(36)37-18-25-23-13-6-4-11-21(23)22-12-5-7-14-24(22)25/h4-14,17,25-26H,15-16,18H2,1-3H3,(H,34,36). The quantitative estimate of drug-likeness (QED) is 0.341. The molecule has 5 nitrogen and oxygen atoms in total. The smallest absolute Gasteiger partial charge is 0.416 e. The molecule has 38 heavy (non-hydrogen) atoms. The summed E-state index contributed by atoms with van der Waals surface area (Å²) in [5.74, 6) is -0.837. The molecule has 1 aliphatic rings. The van der Waals surface area contributed by atoms with Gasteiger partial charge in [-0.3, -0.25) is 0 Å². The fraction of sp³-hybridized carbons (Fsp3) is 0.333. The molecule has 0 radical (unpaired) electrons. The molecule has 0 fully saturated rings. The number of alkyl carbamates (subject to hydrolysis) is 1. The maximum absolute atomic E-state index is 13.1. The van der Waals surface area contributed by atoms with Crippen molar-refractivity contribution in [1.29, 1.82) is 0 Å². The van der Waals surface area contributed by atoms with Gasteiger partial charge in [-0.25, -0.2) is 9.59 Å². The SMILES string of the molecule is CC(C)(C)OC(=O)C(CCc1cccc(C(F)(F)F)c1)NC(=O)OCC1c2ccccc2-c2ccccc21. The van der Waals surface area contributed by atoms with E-state index in [1.807, 2.05) is 48.5 Å². The van der Waals surface area contributed by atoms with Crippen LogP contribution in [-0.4, -0.2) is 30.3 Å². The summed E-state index contributed by atoms with van der Waals surface area (Å²) < 4.78 is 50.3. The average molecular weight is 526 g/mol. The number of benzene rings is 3. The lowest BCUT2D eigenvalue weighted by Gasteiger charge is -2.25. The highest BCUT2D eigenvalue weighted by Gasteiger charge is 2.32. The molecule has 200 valence electrons. The Labute approximate surface area is 220 Å². The van der Waals surface area contributed by atoms with Crippen LogP contribution < -0.4 is 5.32 Å². The van der Waals surface area contributed by atoms with Crippen LogP contribution in [0.2, 0.25) is 0 Å². The summed E-state index contributed by atoms with van der Waals surface area (Å²) in [6.07, 6.45) is -5.11. The number of alkyl halides is 3. The summed E-state index contributed by atoms with van der Waals surface area (Å²) in [6, 6.07) is 19.6. The van der Waals surface area contributed by atoms with Crippen LogP contribution in [0.5, 0.6) is 0 Å². The van der Waals surface area contributed by atoms with Gasteiger partial charge in [0.25, 0.3) is 0 Å². The van der Waals surface area contributed by atoms with Crippen molar-refractivity contribution < 1.29 is 32.2 Å². The molecular formula is C30H30F3NO4. The van der Waals surface area contributed by atoms with Crippen LogP contribution in [0.3, 0.4) is 0 Å². The number of esters is 1. The van der Waals surface area contributed by atoms with Crippen molar-refractivity contribution in [2.45, 2.75) is 57.3 Å². The lowest BCUT2D eigenvalue weighted by Crippen LogP contribution is -2.45. The third-order valence-corrected chi connectivity index (χ3v) is 6.30. The van der Waals surface area contributed by atoms with E-state index >= 15 is 0 Å². The summed E-state index contributed by atoms with van der Waals surface area (Å²) in [6.45, 7) is 5.15. The second kappa shape index (κ2) is 10.9. The van der Waals surface area contributed by atoms with Crippen molar-refractivity contribution in [3.8, 4) is 11.1 Å². The van der Waals surface area contributed by atoms with E-state index in [1.54, 1.807) is 26.8 Å². The van der Waals surface area contributed by atoms with Crippen LogP contribution in [0.25, 0.3) is 11.1 Å². The Morgan fingerprint density at radius 3 is 2.08 bits per heavy atom. The van der Waals surface area contributed by atoms with E-state index in [4.69, 9.17) is 9.47 Å². The highest BCUT2D eigenvalue weighted by molar-refractivity contribution is 5.82. The van der Waals surface area contributed by atoms with Crippen molar-refractivity contribution in [2.24, 2.45) is 0 Å². The van der Waals surface area contributed by atoms with Gasteiger partial charge in [0.2, 0.25) is 0 Å². The number of rotatable bonds is 7. The van der Waals surface area contributed by atoms with E-state index < -0.39 is 35.4 Å². The predicted octanol–water partition coefficient (Wildman–Crippen LogP) is 6.89. The minimum absolute atomic E-state index is 0.0421. The number of fused-ring (bicyclic) bond motifs is 3. The van der Waals surface area contributed by atoms with E-state index in [-0.39, 0.29) is 25.4 Å². The molecule has 4 rings (SSSR count). The summed E-state index contributed by atoms with van der Waals surface area (Å²) >= 11 is 0. The number of hydrogen-bond donors (Lipinski definition) is 1. The Morgan fingerprint density at radius 1 is 0.895 bits per heavy atom. The average Bonchev–Trinajstić information content (AvgIpc) is 3.17. The second-order valence-electron chi connectivity index (χ2n) is 10.3. The van der Waals surface area contributed by atoms with Crippen LogP contribution in [0.4, 0.5) is 18.0 Å². The summed E-state index contributed by atoms with van der Waals surface area (Å²) in [7, 11) is 0. The Kier molecular flexibility index (Phi) is 7.81. The van der Waals surface area contributed by atoms with Crippen molar-refractivity contribution in [1.82, 2.24) is 5.32 Å². The molecule has 0 saturated heterocycles. The van der Waals surface area contributed by atoms with Gasteiger partial charge in [0.1, 0.15) is 18.2 Å². The van der Waals surface area contributed by atoms with Gasteiger partial charge < -0.3 is 14.8 Å². The van der Waals surface area contributed by atoms with Gasteiger partial charge >= 0.3 is 18.2 Å². The van der Waals surface area contributed by atoms with Gasteiger partial charge in [0.15, 0.2) is 0 Å². The van der Waals surface area contributed by atoms with Gasteiger partial charge in [-0.05, 0) is 67.5 Å². The molecule has 0 spiro atoms. The molecule has 1 atom stereocenters. The lowest BCUT2D eigenvalue weighted by atomic mass is 9.98. The van der Waals surface area contributed by atoms with Gasteiger partial charge in [-0.2, -0.15) is 13.2 Å². The van der Waals surface area contributed by atoms with Crippen molar-refractivity contribution in [3.05, 3.63) is 95.1 Å². The van der Waals surface area contributed by atoms with Crippen LogP contribution in [0.15, 0.2) is 72.8 Å². The van der Waals surface area contributed by atoms with E-state index in [0.29, 0.717) is 5.56 Å². The Morgan fingerprint density at radius 2 is 1.50 bits per heavy atom. The number of aryl methyl sites for hydroxylation is 1. The minimum atomic E-state index is -4.47. The number of carbonyl (C=O) groups is 2. The van der Waals surface area contributed by atoms with Crippen LogP contribution in [0, 0.1) is 0 Å². The summed E-state index contributed by atoms with van der Waals surface area (Å²) in [5.41, 5.74) is 3.09. The monoisotopic (exact) mass is 525 g/mol. The molecular weight excluding hydrogens is 495 g/mol. The molecule has 1 N–H and O–H groups in total. The highest BCUT2D eigenvalue weighted by Crippen LogP contribution is 2.44. The largest absolute Gasteiger partial charge is 0.458 e. The van der Waals surface area contributed by atoms with E-state index in [2.05, 4.69) is 5.32 Å². The van der Waals surface area contributed by atoms with Crippen LogP contribution in [0.1, 0.15) is 55.4 Å². The Hall–Kier alpha value is -3.81. The Bertz CT molecular complexity index is 1270. The molecule has 1 amide bonds. The van der Waals surface area contributed by atoms with E-state index in [9.17, 15) is 22.8 Å². The first-order valence-electron chi connectivity index (χ1n) is 12.4. The zero-order valence-corrected chi connectivity index (χ0v) is 21.5. The van der Waals surface area contributed by atoms with Gasteiger partial charge in [-0.15, -0.1) is 0 Å². The molecule has 0 saturated carbocycles. The molecule has 3 aromatic rings. The predicted molar refractivity (Wildman–Crippen MR) is 138 cm³/mol. The Balaban J connectivity index is 1.44. The number of nitrogens with one attached hydrogen (secondary N) is 1. The fourth-order valence-corrected chi connectivity index (χ4v) is 4.62. The molecule has 1 unspecified atom stereocenters. The first-order valence-corrected chi connectivity index (χ1v) is 12.4. The minimum Gasteiger partial charge on any atom is -0.458 e. The molecule has 8 heteroatoms. The second-order valence-corrected chi connectivity index (χ2v) is 10.3. The molecule has 0 bridgehead atoms. The molecule has 0 aromatic heterocycles.